The number of hydrogen-bond donors (Lipinski definition) is 0. The molecular weight excluding hydrogens is 258 g/mol. The lowest BCUT2D eigenvalue weighted by molar-refractivity contribution is -0.140. The summed E-state index contributed by atoms with van der Waals surface area (Å²) in [7, 11) is 4.27. The van der Waals surface area contributed by atoms with E-state index in [1.807, 2.05) is 6.92 Å². The van der Waals surface area contributed by atoms with E-state index in [2.05, 4.69) is 19.7 Å². The van der Waals surface area contributed by atoms with E-state index in [0.29, 0.717) is 5.16 Å². The number of rotatable bonds is 6. The molecule has 100 valence electrons. The van der Waals surface area contributed by atoms with Gasteiger partial charge in [0.15, 0.2) is 5.16 Å². The van der Waals surface area contributed by atoms with E-state index in [1.54, 1.807) is 0 Å². The molecular formula is C10H15N3O4S. The van der Waals surface area contributed by atoms with Crippen LogP contribution in [0.25, 0.3) is 0 Å². The Labute approximate surface area is 109 Å². The van der Waals surface area contributed by atoms with Crippen LogP contribution in [0.5, 0.6) is 12.0 Å². The van der Waals surface area contributed by atoms with Crippen LogP contribution in [0.15, 0.2) is 5.16 Å². The second kappa shape index (κ2) is 7.00. The Balaban J connectivity index is 2.73. The molecule has 8 heteroatoms. The highest BCUT2D eigenvalue weighted by Gasteiger charge is 2.14. The summed E-state index contributed by atoms with van der Waals surface area (Å²) in [6, 6.07) is 0.351. The molecule has 1 aromatic heterocycles. The second-order valence-electron chi connectivity index (χ2n) is 3.30. The predicted molar refractivity (Wildman–Crippen MR) is 64.9 cm³/mol. The number of hydrogen-bond acceptors (Lipinski definition) is 8. The maximum absolute atomic E-state index is 11.1. The minimum Gasteiger partial charge on any atom is -0.469 e. The first-order valence-corrected chi connectivity index (χ1v) is 6.04. The van der Waals surface area contributed by atoms with E-state index in [4.69, 9.17) is 9.47 Å². The minimum absolute atomic E-state index is 0.0192. The summed E-state index contributed by atoms with van der Waals surface area (Å²) in [5.74, 6) is -0.275. The summed E-state index contributed by atoms with van der Waals surface area (Å²) in [5, 5.41) is 0.421. The Morgan fingerprint density at radius 2 is 1.72 bits per heavy atom. The minimum atomic E-state index is -0.275. The van der Waals surface area contributed by atoms with Crippen molar-refractivity contribution in [2.45, 2.75) is 23.8 Å². The van der Waals surface area contributed by atoms with Crippen molar-refractivity contribution in [3.63, 3.8) is 0 Å². The van der Waals surface area contributed by atoms with Crippen molar-refractivity contribution in [2.75, 3.05) is 21.3 Å². The molecule has 0 aliphatic carbocycles. The number of nitrogens with zero attached hydrogens (tertiary/aromatic N) is 3. The zero-order valence-corrected chi connectivity index (χ0v) is 11.5. The highest BCUT2D eigenvalue weighted by atomic mass is 32.2. The Morgan fingerprint density at radius 1 is 1.17 bits per heavy atom. The lowest BCUT2D eigenvalue weighted by Gasteiger charge is -2.09. The van der Waals surface area contributed by atoms with Gasteiger partial charge in [0.05, 0.1) is 27.8 Å². The van der Waals surface area contributed by atoms with Gasteiger partial charge in [-0.15, -0.1) is 4.98 Å². The summed E-state index contributed by atoms with van der Waals surface area (Å²) in [6.45, 7) is 1.88. The molecule has 0 amide bonds. The summed E-state index contributed by atoms with van der Waals surface area (Å²) in [4.78, 5) is 23.1. The van der Waals surface area contributed by atoms with Crippen molar-refractivity contribution >= 4 is 17.7 Å². The lowest BCUT2D eigenvalue weighted by atomic mass is 10.3. The highest BCUT2D eigenvalue weighted by molar-refractivity contribution is 7.99. The van der Waals surface area contributed by atoms with Gasteiger partial charge in [-0.1, -0.05) is 18.7 Å². The molecule has 1 rings (SSSR count). The molecule has 0 radical (unpaired) electrons. The van der Waals surface area contributed by atoms with Gasteiger partial charge in [0, 0.05) is 5.25 Å². The SMILES string of the molecule is COC(=O)CC(C)Sc1nc(OC)nc(OC)n1. The molecule has 1 aromatic rings. The Hall–Kier alpha value is -1.57. The molecule has 0 N–H and O–H groups in total. The maximum atomic E-state index is 11.1. The van der Waals surface area contributed by atoms with Crippen molar-refractivity contribution in [2.24, 2.45) is 0 Å². The molecule has 0 saturated carbocycles. The number of methoxy groups -OCH3 is 3. The smallest absolute Gasteiger partial charge is 0.323 e. The van der Waals surface area contributed by atoms with Crippen LogP contribution < -0.4 is 9.47 Å². The zero-order chi connectivity index (χ0) is 13.5. The standard InChI is InChI=1S/C10H15N3O4S/c1-6(5-7(14)15-2)18-10-12-8(16-3)11-9(13-10)17-4/h6H,5H2,1-4H3. The van der Waals surface area contributed by atoms with Gasteiger partial charge < -0.3 is 14.2 Å². The summed E-state index contributed by atoms with van der Waals surface area (Å²) in [5.41, 5.74) is 0. The average Bonchev–Trinajstić information content (AvgIpc) is 2.37. The molecule has 0 bridgehead atoms. The Kier molecular flexibility index (Phi) is 5.63. The molecule has 1 heterocycles. The first-order chi connectivity index (χ1) is 8.58. The molecule has 18 heavy (non-hydrogen) atoms. The quantitative estimate of drug-likeness (QED) is 0.559. The van der Waals surface area contributed by atoms with E-state index in [9.17, 15) is 4.79 Å². The average molecular weight is 273 g/mol. The van der Waals surface area contributed by atoms with Crippen LogP contribution in [0, 0.1) is 0 Å². The van der Waals surface area contributed by atoms with Gasteiger partial charge in [0.2, 0.25) is 0 Å². The Bertz CT molecular complexity index is 394. The fourth-order valence-corrected chi connectivity index (χ4v) is 1.94. The van der Waals surface area contributed by atoms with Crippen LogP contribution in [-0.4, -0.2) is 47.5 Å². The third kappa shape index (κ3) is 4.36. The normalized spacial score (nSPS) is 11.8. The third-order valence-electron chi connectivity index (χ3n) is 1.93. The number of aromatic nitrogens is 3. The first kappa shape index (κ1) is 14.5. The summed E-state index contributed by atoms with van der Waals surface area (Å²) < 4.78 is 14.5. The zero-order valence-electron chi connectivity index (χ0n) is 10.7. The van der Waals surface area contributed by atoms with Gasteiger partial charge in [-0.05, 0) is 0 Å². The van der Waals surface area contributed by atoms with Crippen LogP contribution in [0.2, 0.25) is 0 Å². The monoisotopic (exact) mass is 273 g/mol. The first-order valence-electron chi connectivity index (χ1n) is 5.16. The number of thioether (sulfide) groups is 1. The van der Waals surface area contributed by atoms with E-state index < -0.39 is 0 Å². The van der Waals surface area contributed by atoms with Crippen molar-refractivity contribution in [3.05, 3.63) is 0 Å². The van der Waals surface area contributed by atoms with Crippen molar-refractivity contribution in [1.29, 1.82) is 0 Å². The van der Waals surface area contributed by atoms with E-state index in [0.717, 1.165) is 0 Å². The van der Waals surface area contributed by atoms with Gasteiger partial charge in [-0.3, -0.25) is 4.79 Å². The fourth-order valence-electron chi connectivity index (χ4n) is 1.10. The predicted octanol–water partition coefficient (Wildman–Crippen LogP) is 0.932. The topological polar surface area (TPSA) is 83.4 Å². The lowest BCUT2D eigenvalue weighted by Crippen LogP contribution is -2.09. The number of ether oxygens (including phenoxy) is 3. The van der Waals surface area contributed by atoms with Crippen LogP contribution >= 0.6 is 11.8 Å². The van der Waals surface area contributed by atoms with E-state index >= 15 is 0 Å². The molecule has 0 spiro atoms. The van der Waals surface area contributed by atoms with Gasteiger partial charge in [0.1, 0.15) is 0 Å². The number of esters is 1. The van der Waals surface area contributed by atoms with E-state index in [1.165, 1.54) is 33.1 Å². The number of carbonyl (C=O) groups is 1. The molecule has 0 fully saturated rings. The van der Waals surface area contributed by atoms with Gasteiger partial charge in [-0.2, -0.15) is 9.97 Å². The maximum Gasteiger partial charge on any atom is 0.323 e. The Morgan fingerprint density at radius 3 is 2.17 bits per heavy atom. The molecule has 0 aliphatic heterocycles. The number of carbonyl (C=O) groups excluding carboxylic acids is 1. The van der Waals surface area contributed by atoms with E-state index in [-0.39, 0.29) is 29.7 Å². The third-order valence-corrected chi connectivity index (χ3v) is 2.89. The van der Waals surface area contributed by atoms with Gasteiger partial charge in [-0.25, -0.2) is 0 Å². The molecule has 0 saturated heterocycles. The molecule has 7 nitrogen and oxygen atoms in total. The van der Waals surface area contributed by atoms with Crippen molar-refractivity contribution < 1.29 is 19.0 Å². The largest absolute Gasteiger partial charge is 0.469 e. The van der Waals surface area contributed by atoms with Crippen molar-refractivity contribution in [3.8, 4) is 12.0 Å². The van der Waals surface area contributed by atoms with Crippen molar-refractivity contribution in [1.82, 2.24) is 15.0 Å². The molecule has 0 aromatic carbocycles. The van der Waals surface area contributed by atoms with Crippen LogP contribution in [0.3, 0.4) is 0 Å². The summed E-state index contributed by atoms with van der Waals surface area (Å²) in [6.07, 6.45) is 0.275. The van der Waals surface area contributed by atoms with Crippen LogP contribution in [0.4, 0.5) is 0 Å². The molecule has 1 atom stereocenters. The highest BCUT2D eigenvalue weighted by Crippen LogP contribution is 2.24. The second-order valence-corrected chi connectivity index (χ2v) is 4.71. The van der Waals surface area contributed by atoms with Crippen LogP contribution in [-0.2, 0) is 9.53 Å². The molecule has 1 unspecified atom stereocenters. The summed E-state index contributed by atoms with van der Waals surface area (Å²) >= 11 is 1.32. The van der Waals surface area contributed by atoms with Gasteiger partial charge >= 0.3 is 18.0 Å². The van der Waals surface area contributed by atoms with Crippen LogP contribution in [0.1, 0.15) is 13.3 Å². The van der Waals surface area contributed by atoms with Gasteiger partial charge in [0.25, 0.3) is 0 Å². The fraction of sp³-hybridized carbons (Fsp3) is 0.600. The molecule has 0 aliphatic rings.